The van der Waals surface area contributed by atoms with Gasteiger partial charge in [-0.15, -0.1) is 10.2 Å². The predicted octanol–water partition coefficient (Wildman–Crippen LogP) is 3.08. The molecule has 2 aromatic heterocycles. The summed E-state index contributed by atoms with van der Waals surface area (Å²) < 4.78 is 8.04. The lowest BCUT2D eigenvalue weighted by atomic mass is 10.1. The summed E-state index contributed by atoms with van der Waals surface area (Å²) in [6.45, 7) is 6.82. The van der Waals surface area contributed by atoms with E-state index in [2.05, 4.69) is 52.9 Å². The molecule has 0 bridgehead atoms. The fourth-order valence-electron chi connectivity index (χ4n) is 3.10. The molecule has 2 N–H and O–H groups in total. The monoisotopic (exact) mass is 392 g/mol. The maximum absolute atomic E-state index is 6.07. The quantitative estimate of drug-likeness (QED) is 0.455. The topological polar surface area (TPSA) is 75.8 Å². The zero-order valence-corrected chi connectivity index (χ0v) is 17.1. The van der Waals surface area contributed by atoms with Crippen LogP contribution in [0, 0.1) is 12.8 Å². The predicted molar refractivity (Wildman–Crippen MR) is 114 cm³/mol. The Kier molecular flexibility index (Phi) is 5.93. The number of hydrogen-bond donors (Lipinski definition) is 2. The van der Waals surface area contributed by atoms with Crippen molar-refractivity contribution in [2.75, 3.05) is 13.2 Å². The van der Waals surface area contributed by atoms with E-state index in [9.17, 15) is 0 Å². The van der Waals surface area contributed by atoms with Gasteiger partial charge in [-0.1, -0.05) is 18.2 Å². The van der Waals surface area contributed by atoms with E-state index in [1.807, 2.05) is 28.8 Å². The minimum absolute atomic E-state index is 0.538. The van der Waals surface area contributed by atoms with Crippen molar-refractivity contribution < 1.29 is 4.74 Å². The third-order valence-electron chi connectivity index (χ3n) is 4.94. The average molecular weight is 393 g/mol. The number of rotatable bonds is 8. The minimum Gasteiger partial charge on any atom is -0.493 e. The van der Waals surface area contributed by atoms with E-state index in [0.29, 0.717) is 13.1 Å². The van der Waals surface area contributed by atoms with Crippen LogP contribution in [0.1, 0.15) is 36.7 Å². The highest BCUT2D eigenvalue weighted by molar-refractivity contribution is 5.79. The fourth-order valence-corrected chi connectivity index (χ4v) is 3.10. The van der Waals surface area contributed by atoms with Crippen LogP contribution < -0.4 is 15.4 Å². The molecule has 0 spiro atoms. The standard InChI is InChI=1S/C22H28N6O/c1-3-23-22(25-14-21-27-26-20-6-4-5-11-28(20)21)24-13-18-10-7-16(2)12-19(18)29-15-17-8-9-17/h4-7,10-12,17H,3,8-9,13-15H2,1-2H3,(H2,23,24,25). The smallest absolute Gasteiger partial charge is 0.191 e. The van der Waals surface area contributed by atoms with Gasteiger partial charge in [0, 0.05) is 18.3 Å². The van der Waals surface area contributed by atoms with Crippen LogP contribution in [0.4, 0.5) is 0 Å². The lowest BCUT2D eigenvalue weighted by Crippen LogP contribution is -2.37. The second kappa shape index (κ2) is 8.94. The molecule has 0 radical (unpaired) electrons. The van der Waals surface area contributed by atoms with Crippen molar-refractivity contribution in [2.24, 2.45) is 10.9 Å². The Hall–Kier alpha value is -3.09. The first-order chi connectivity index (χ1) is 14.2. The Labute approximate surface area is 171 Å². The zero-order valence-electron chi connectivity index (χ0n) is 17.1. The molecule has 0 amide bonds. The number of benzene rings is 1. The number of ether oxygens (including phenoxy) is 1. The van der Waals surface area contributed by atoms with Gasteiger partial charge in [0.1, 0.15) is 5.75 Å². The molecule has 4 rings (SSSR count). The number of fused-ring (bicyclic) bond motifs is 1. The molecule has 1 aromatic carbocycles. The maximum atomic E-state index is 6.07. The van der Waals surface area contributed by atoms with Crippen LogP contribution in [0.15, 0.2) is 47.6 Å². The van der Waals surface area contributed by atoms with E-state index in [0.717, 1.165) is 47.8 Å². The van der Waals surface area contributed by atoms with Gasteiger partial charge in [-0.05, 0) is 56.4 Å². The van der Waals surface area contributed by atoms with Crippen molar-refractivity contribution >= 4 is 11.6 Å². The highest BCUT2D eigenvalue weighted by Gasteiger charge is 2.22. The van der Waals surface area contributed by atoms with Crippen molar-refractivity contribution in [3.05, 3.63) is 59.5 Å². The summed E-state index contributed by atoms with van der Waals surface area (Å²) in [6.07, 6.45) is 4.53. The van der Waals surface area contributed by atoms with Crippen LogP contribution in [0.3, 0.4) is 0 Å². The van der Waals surface area contributed by atoms with E-state index >= 15 is 0 Å². The van der Waals surface area contributed by atoms with E-state index < -0.39 is 0 Å². The first-order valence-corrected chi connectivity index (χ1v) is 10.3. The molecule has 1 aliphatic rings. The molecule has 0 aliphatic heterocycles. The number of hydrogen-bond acceptors (Lipinski definition) is 4. The SMILES string of the molecule is CCNC(=NCc1ccc(C)cc1OCC1CC1)NCc1nnc2ccccn12. The Morgan fingerprint density at radius 1 is 1.21 bits per heavy atom. The molecule has 0 saturated heterocycles. The number of aromatic nitrogens is 3. The number of aryl methyl sites for hydroxylation is 1. The van der Waals surface area contributed by atoms with E-state index in [-0.39, 0.29) is 0 Å². The summed E-state index contributed by atoms with van der Waals surface area (Å²) in [5.41, 5.74) is 3.14. The largest absolute Gasteiger partial charge is 0.493 e. The molecule has 1 fully saturated rings. The van der Waals surface area contributed by atoms with Gasteiger partial charge < -0.3 is 15.4 Å². The van der Waals surface area contributed by atoms with Gasteiger partial charge in [-0.25, -0.2) is 4.99 Å². The number of nitrogens with one attached hydrogen (secondary N) is 2. The van der Waals surface area contributed by atoms with E-state index in [4.69, 9.17) is 9.73 Å². The summed E-state index contributed by atoms with van der Waals surface area (Å²) in [7, 11) is 0. The molecule has 152 valence electrons. The summed E-state index contributed by atoms with van der Waals surface area (Å²) in [5.74, 6) is 3.26. The second-order valence-electron chi connectivity index (χ2n) is 7.46. The Morgan fingerprint density at radius 2 is 2.10 bits per heavy atom. The van der Waals surface area contributed by atoms with Crippen molar-refractivity contribution in [1.29, 1.82) is 0 Å². The summed E-state index contributed by atoms with van der Waals surface area (Å²) in [6, 6.07) is 12.2. The van der Waals surface area contributed by atoms with Gasteiger partial charge in [0.2, 0.25) is 0 Å². The van der Waals surface area contributed by atoms with Crippen molar-refractivity contribution in [1.82, 2.24) is 25.2 Å². The van der Waals surface area contributed by atoms with E-state index in [1.165, 1.54) is 18.4 Å². The number of nitrogens with zero attached hydrogens (tertiary/aromatic N) is 4. The molecule has 3 aromatic rings. The lowest BCUT2D eigenvalue weighted by Gasteiger charge is -2.13. The first-order valence-electron chi connectivity index (χ1n) is 10.3. The summed E-state index contributed by atoms with van der Waals surface area (Å²) >= 11 is 0. The van der Waals surface area contributed by atoms with Gasteiger partial charge in [-0.3, -0.25) is 4.40 Å². The molecule has 0 atom stereocenters. The second-order valence-corrected chi connectivity index (χ2v) is 7.46. The molecule has 1 saturated carbocycles. The van der Waals surface area contributed by atoms with E-state index in [1.54, 1.807) is 0 Å². The zero-order chi connectivity index (χ0) is 20.1. The maximum Gasteiger partial charge on any atom is 0.191 e. The summed E-state index contributed by atoms with van der Waals surface area (Å²) in [5, 5.41) is 15.1. The highest BCUT2D eigenvalue weighted by Crippen LogP contribution is 2.30. The number of aliphatic imine (C=N–C) groups is 1. The number of guanidine groups is 1. The minimum atomic E-state index is 0.538. The molecule has 29 heavy (non-hydrogen) atoms. The molecule has 2 heterocycles. The van der Waals surface area contributed by atoms with Crippen molar-refractivity contribution in [3.63, 3.8) is 0 Å². The highest BCUT2D eigenvalue weighted by atomic mass is 16.5. The van der Waals surface area contributed by atoms with Crippen molar-refractivity contribution in [3.8, 4) is 5.75 Å². The van der Waals surface area contributed by atoms with Crippen LogP contribution in [-0.2, 0) is 13.1 Å². The van der Waals surface area contributed by atoms with Gasteiger partial charge in [0.05, 0.1) is 19.7 Å². The van der Waals surface area contributed by atoms with Crippen molar-refractivity contribution in [2.45, 2.75) is 39.8 Å². The molecule has 7 heteroatoms. The number of pyridine rings is 1. The van der Waals surface area contributed by atoms with Crippen LogP contribution in [0.5, 0.6) is 5.75 Å². The van der Waals surface area contributed by atoms with Crippen LogP contribution in [0.2, 0.25) is 0 Å². The van der Waals surface area contributed by atoms with Gasteiger partial charge >= 0.3 is 0 Å². The summed E-state index contributed by atoms with van der Waals surface area (Å²) in [4.78, 5) is 4.75. The first kappa shape index (κ1) is 19.2. The average Bonchev–Trinajstić information content (AvgIpc) is 3.48. The van der Waals surface area contributed by atoms with Gasteiger partial charge in [0.15, 0.2) is 17.4 Å². The molecular weight excluding hydrogens is 364 g/mol. The fraction of sp³-hybridized carbons (Fsp3) is 0.409. The molecule has 1 aliphatic carbocycles. The van der Waals surface area contributed by atoms with Crippen LogP contribution in [-0.4, -0.2) is 33.7 Å². The van der Waals surface area contributed by atoms with Crippen LogP contribution in [0.25, 0.3) is 5.65 Å². The Balaban J connectivity index is 1.44. The van der Waals surface area contributed by atoms with Crippen LogP contribution >= 0.6 is 0 Å². The molecule has 0 unspecified atom stereocenters. The molecular formula is C22H28N6O. The van der Waals surface area contributed by atoms with Gasteiger partial charge in [0.25, 0.3) is 0 Å². The Morgan fingerprint density at radius 3 is 2.93 bits per heavy atom. The lowest BCUT2D eigenvalue weighted by molar-refractivity contribution is 0.296. The normalized spacial score (nSPS) is 14.2. The van der Waals surface area contributed by atoms with Gasteiger partial charge in [-0.2, -0.15) is 0 Å². The third kappa shape index (κ3) is 5.04. The Bertz CT molecular complexity index is 992. The third-order valence-corrected chi connectivity index (χ3v) is 4.94. The molecule has 7 nitrogen and oxygen atoms in total.